The second kappa shape index (κ2) is 10.8. The standard InChI is InChI=1S/C29H30N2O3/c1-4-21(2)26-12-8-9-13-28(26)34-19-18-33-25-16-14-23(15-17-25)20-27-22(3)30-31(29(27)32)24-10-6-5-7-11-24/h5-17,20-21H,4,18-19H2,1-3H3. The van der Waals surface area contributed by atoms with E-state index in [2.05, 4.69) is 25.0 Å². The zero-order valence-corrected chi connectivity index (χ0v) is 19.9. The molecule has 174 valence electrons. The first kappa shape index (κ1) is 23.3. The Bertz CT molecular complexity index is 1180. The van der Waals surface area contributed by atoms with Crippen molar-refractivity contribution in [1.29, 1.82) is 0 Å². The largest absolute Gasteiger partial charge is 0.490 e. The molecule has 5 heteroatoms. The zero-order chi connectivity index (χ0) is 23.9. The van der Waals surface area contributed by atoms with Gasteiger partial charge >= 0.3 is 0 Å². The van der Waals surface area contributed by atoms with E-state index in [1.165, 1.54) is 10.6 Å². The number of hydrazone groups is 1. The van der Waals surface area contributed by atoms with Gasteiger partial charge in [-0.3, -0.25) is 4.79 Å². The lowest BCUT2D eigenvalue weighted by Gasteiger charge is -2.16. The van der Waals surface area contributed by atoms with E-state index in [1.807, 2.05) is 85.8 Å². The van der Waals surface area contributed by atoms with Crippen LogP contribution in [0.25, 0.3) is 6.08 Å². The molecule has 0 spiro atoms. The van der Waals surface area contributed by atoms with E-state index in [-0.39, 0.29) is 5.91 Å². The van der Waals surface area contributed by atoms with Crippen LogP contribution in [0.3, 0.4) is 0 Å². The van der Waals surface area contributed by atoms with Gasteiger partial charge in [-0.1, -0.05) is 62.4 Å². The molecule has 1 aliphatic rings. The van der Waals surface area contributed by atoms with Crippen molar-refractivity contribution in [2.75, 3.05) is 18.2 Å². The molecule has 4 rings (SSSR count). The highest BCUT2D eigenvalue weighted by atomic mass is 16.5. The molecule has 0 bridgehead atoms. The minimum Gasteiger partial charge on any atom is -0.490 e. The van der Waals surface area contributed by atoms with Crippen molar-refractivity contribution in [3.8, 4) is 11.5 Å². The molecule has 0 N–H and O–H groups in total. The van der Waals surface area contributed by atoms with E-state index in [4.69, 9.17) is 9.47 Å². The summed E-state index contributed by atoms with van der Waals surface area (Å²) in [5.74, 6) is 2.01. The maximum Gasteiger partial charge on any atom is 0.280 e. The molecule has 1 unspecified atom stereocenters. The molecule has 0 aromatic heterocycles. The fraction of sp³-hybridized carbons (Fsp3) is 0.241. The molecular formula is C29H30N2O3. The van der Waals surface area contributed by atoms with Crippen molar-refractivity contribution in [1.82, 2.24) is 0 Å². The van der Waals surface area contributed by atoms with E-state index in [9.17, 15) is 4.79 Å². The number of hydrogen-bond donors (Lipinski definition) is 0. The zero-order valence-electron chi connectivity index (χ0n) is 19.9. The van der Waals surface area contributed by atoms with Crippen LogP contribution in [0.15, 0.2) is 89.5 Å². The Hall–Kier alpha value is -3.86. The van der Waals surface area contributed by atoms with Crippen LogP contribution in [0, 0.1) is 0 Å². The first-order chi connectivity index (χ1) is 16.6. The summed E-state index contributed by atoms with van der Waals surface area (Å²) < 4.78 is 11.8. The minimum atomic E-state index is -0.126. The average molecular weight is 455 g/mol. The van der Waals surface area contributed by atoms with E-state index in [0.717, 1.165) is 29.2 Å². The lowest BCUT2D eigenvalue weighted by atomic mass is 9.98. The average Bonchev–Trinajstić information content (AvgIpc) is 3.16. The van der Waals surface area contributed by atoms with Gasteiger partial charge in [-0.2, -0.15) is 10.1 Å². The number of benzene rings is 3. The Morgan fingerprint density at radius 3 is 2.32 bits per heavy atom. The number of anilines is 1. The molecule has 0 radical (unpaired) electrons. The van der Waals surface area contributed by atoms with Crippen LogP contribution in [0.5, 0.6) is 11.5 Å². The van der Waals surface area contributed by atoms with Crippen molar-refractivity contribution in [3.63, 3.8) is 0 Å². The van der Waals surface area contributed by atoms with Crippen LogP contribution in [0.4, 0.5) is 5.69 Å². The number of rotatable bonds is 9. The number of nitrogens with zero attached hydrogens (tertiary/aromatic N) is 2. The Balaban J connectivity index is 1.33. The molecule has 1 amide bonds. The Kier molecular flexibility index (Phi) is 7.43. The van der Waals surface area contributed by atoms with Crippen LogP contribution < -0.4 is 14.5 Å². The third-order valence-corrected chi connectivity index (χ3v) is 5.93. The number of hydrogen-bond acceptors (Lipinski definition) is 4. The molecule has 34 heavy (non-hydrogen) atoms. The predicted octanol–water partition coefficient (Wildman–Crippen LogP) is 6.46. The number of amides is 1. The van der Waals surface area contributed by atoms with Gasteiger partial charge in [0.2, 0.25) is 0 Å². The summed E-state index contributed by atoms with van der Waals surface area (Å²) in [5.41, 5.74) is 4.19. The van der Waals surface area contributed by atoms with E-state index in [1.54, 1.807) is 0 Å². The third kappa shape index (κ3) is 5.37. The highest BCUT2D eigenvalue weighted by Crippen LogP contribution is 2.28. The summed E-state index contributed by atoms with van der Waals surface area (Å²) >= 11 is 0. The normalized spacial score (nSPS) is 15.4. The van der Waals surface area contributed by atoms with E-state index >= 15 is 0 Å². The van der Waals surface area contributed by atoms with Crippen LogP contribution >= 0.6 is 0 Å². The summed E-state index contributed by atoms with van der Waals surface area (Å²) in [5, 5.41) is 5.87. The second-order valence-electron chi connectivity index (χ2n) is 8.31. The van der Waals surface area contributed by atoms with Gasteiger partial charge < -0.3 is 9.47 Å². The highest BCUT2D eigenvalue weighted by molar-refractivity contribution is 6.32. The third-order valence-electron chi connectivity index (χ3n) is 5.93. The molecule has 0 saturated carbocycles. The van der Waals surface area contributed by atoms with Gasteiger partial charge in [0, 0.05) is 0 Å². The maximum absolute atomic E-state index is 12.9. The van der Waals surface area contributed by atoms with Crippen molar-refractivity contribution >= 4 is 23.4 Å². The lowest BCUT2D eigenvalue weighted by Crippen LogP contribution is -2.21. The molecule has 1 aliphatic heterocycles. The summed E-state index contributed by atoms with van der Waals surface area (Å²) in [6.45, 7) is 7.16. The molecule has 3 aromatic rings. The van der Waals surface area contributed by atoms with Crippen LogP contribution in [0.1, 0.15) is 44.2 Å². The maximum atomic E-state index is 12.9. The Morgan fingerprint density at radius 2 is 1.59 bits per heavy atom. The first-order valence-electron chi connectivity index (χ1n) is 11.7. The van der Waals surface area contributed by atoms with Crippen molar-refractivity contribution in [3.05, 3.63) is 95.6 Å². The number of para-hydroxylation sites is 2. The summed E-state index contributed by atoms with van der Waals surface area (Å²) in [6.07, 6.45) is 2.93. The van der Waals surface area contributed by atoms with Gasteiger partial charge in [-0.25, -0.2) is 0 Å². The smallest absolute Gasteiger partial charge is 0.280 e. The van der Waals surface area contributed by atoms with Crippen LogP contribution in [-0.4, -0.2) is 24.8 Å². The summed E-state index contributed by atoms with van der Waals surface area (Å²) in [6, 6.07) is 25.3. The molecule has 0 fully saturated rings. The predicted molar refractivity (Wildman–Crippen MR) is 138 cm³/mol. The minimum absolute atomic E-state index is 0.126. The number of carbonyl (C=O) groups excluding carboxylic acids is 1. The molecule has 1 atom stereocenters. The molecule has 1 heterocycles. The van der Waals surface area contributed by atoms with Gasteiger partial charge in [0.15, 0.2) is 0 Å². The molecule has 3 aromatic carbocycles. The lowest BCUT2D eigenvalue weighted by molar-refractivity contribution is -0.114. The van der Waals surface area contributed by atoms with E-state index < -0.39 is 0 Å². The van der Waals surface area contributed by atoms with Crippen molar-refractivity contribution in [2.45, 2.75) is 33.1 Å². The van der Waals surface area contributed by atoms with Gasteiger partial charge in [0.05, 0.1) is 17.0 Å². The molecular weight excluding hydrogens is 424 g/mol. The van der Waals surface area contributed by atoms with Gasteiger partial charge in [-0.05, 0) is 66.8 Å². The van der Waals surface area contributed by atoms with Crippen molar-refractivity contribution < 1.29 is 14.3 Å². The highest BCUT2D eigenvalue weighted by Gasteiger charge is 2.28. The number of carbonyl (C=O) groups is 1. The van der Waals surface area contributed by atoms with Gasteiger partial charge in [0.25, 0.3) is 5.91 Å². The monoisotopic (exact) mass is 454 g/mol. The fourth-order valence-electron chi connectivity index (χ4n) is 3.81. The van der Waals surface area contributed by atoms with E-state index in [0.29, 0.717) is 30.4 Å². The quantitative estimate of drug-likeness (QED) is 0.275. The van der Waals surface area contributed by atoms with Crippen molar-refractivity contribution in [2.24, 2.45) is 5.10 Å². The van der Waals surface area contributed by atoms with Crippen LogP contribution in [-0.2, 0) is 4.79 Å². The molecule has 0 aliphatic carbocycles. The molecule has 5 nitrogen and oxygen atoms in total. The summed E-state index contributed by atoms with van der Waals surface area (Å²) in [7, 11) is 0. The Labute approximate surface area is 201 Å². The summed E-state index contributed by atoms with van der Waals surface area (Å²) in [4.78, 5) is 12.9. The van der Waals surface area contributed by atoms with Gasteiger partial charge in [0.1, 0.15) is 24.7 Å². The fourth-order valence-corrected chi connectivity index (χ4v) is 3.81. The second-order valence-corrected chi connectivity index (χ2v) is 8.31. The first-order valence-corrected chi connectivity index (χ1v) is 11.7. The Morgan fingerprint density at radius 1 is 0.912 bits per heavy atom. The van der Waals surface area contributed by atoms with Crippen LogP contribution in [0.2, 0.25) is 0 Å². The van der Waals surface area contributed by atoms with Gasteiger partial charge in [-0.15, -0.1) is 0 Å². The number of ether oxygens (including phenoxy) is 2. The molecule has 0 saturated heterocycles. The SMILES string of the molecule is CCC(C)c1ccccc1OCCOc1ccc(C=C2C(=O)N(c3ccccc3)N=C2C)cc1. The topological polar surface area (TPSA) is 51.1 Å².